The van der Waals surface area contributed by atoms with Crippen LogP contribution in [0.25, 0.3) is 0 Å². The standard InChI is InChI=1S/C19H25N3O2/c1-20(14-16-7-8-21(2)19(23)13-16)15-17-5-3-4-6-18(17)22-9-11-24-12-10-22/h3-8,13H,9-12,14-15H2,1-2H3. The number of hydrogen-bond donors (Lipinski definition) is 0. The van der Waals surface area contributed by atoms with Gasteiger partial charge in [-0.2, -0.15) is 0 Å². The highest BCUT2D eigenvalue weighted by atomic mass is 16.5. The molecule has 1 saturated heterocycles. The smallest absolute Gasteiger partial charge is 0.250 e. The van der Waals surface area contributed by atoms with Crippen LogP contribution in [0.3, 0.4) is 0 Å². The topological polar surface area (TPSA) is 37.7 Å². The third kappa shape index (κ3) is 4.04. The first-order valence-corrected chi connectivity index (χ1v) is 8.38. The van der Waals surface area contributed by atoms with E-state index >= 15 is 0 Å². The zero-order chi connectivity index (χ0) is 16.9. The molecule has 1 aromatic heterocycles. The van der Waals surface area contributed by atoms with Crippen LogP contribution in [0.5, 0.6) is 0 Å². The molecule has 2 aromatic rings. The van der Waals surface area contributed by atoms with E-state index in [2.05, 4.69) is 41.1 Å². The van der Waals surface area contributed by atoms with Gasteiger partial charge >= 0.3 is 0 Å². The van der Waals surface area contributed by atoms with Gasteiger partial charge < -0.3 is 14.2 Å². The lowest BCUT2D eigenvalue weighted by molar-refractivity contribution is 0.122. The highest BCUT2D eigenvalue weighted by Crippen LogP contribution is 2.23. The summed E-state index contributed by atoms with van der Waals surface area (Å²) in [6, 6.07) is 12.3. The molecule has 2 heterocycles. The normalized spacial score (nSPS) is 15.0. The van der Waals surface area contributed by atoms with Crippen molar-refractivity contribution in [1.29, 1.82) is 0 Å². The Bertz CT molecular complexity index is 735. The summed E-state index contributed by atoms with van der Waals surface area (Å²) in [5, 5.41) is 0. The molecule has 5 heteroatoms. The van der Waals surface area contributed by atoms with Crippen molar-refractivity contribution in [3.8, 4) is 0 Å². The SMILES string of the molecule is CN(Cc1ccn(C)c(=O)c1)Cc1ccccc1N1CCOCC1. The van der Waals surface area contributed by atoms with Crippen molar-refractivity contribution in [1.82, 2.24) is 9.47 Å². The first-order valence-electron chi connectivity index (χ1n) is 8.38. The summed E-state index contributed by atoms with van der Waals surface area (Å²) in [5.74, 6) is 0. The molecular weight excluding hydrogens is 302 g/mol. The van der Waals surface area contributed by atoms with Crippen molar-refractivity contribution in [2.45, 2.75) is 13.1 Å². The number of morpholine rings is 1. The number of rotatable bonds is 5. The van der Waals surface area contributed by atoms with Gasteiger partial charge in [0.1, 0.15) is 0 Å². The minimum atomic E-state index is 0.0367. The molecule has 24 heavy (non-hydrogen) atoms. The van der Waals surface area contributed by atoms with E-state index in [0.717, 1.165) is 45.0 Å². The molecular formula is C19H25N3O2. The summed E-state index contributed by atoms with van der Waals surface area (Å²) < 4.78 is 7.05. The molecule has 0 atom stereocenters. The van der Waals surface area contributed by atoms with Crippen molar-refractivity contribution in [3.05, 3.63) is 64.1 Å². The fourth-order valence-corrected chi connectivity index (χ4v) is 3.10. The molecule has 1 fully saturated rings. The van der Waals surface area contributed by atoms with E-state index < -0.39 is 0 Å². The van der Waals surface area contributed by atoms with Crippen LogP contribution in [-0.2, 0) is 24.9 Å². The molecule has 0 amide bonds. The van der Waals surface area contributed by atoms with E-state index in [1.165, 1.54) is 11.3 Å². The summed E-state index contributed by atoms with van der Waals surface area (Å²) >= 11 is 0. The van der Waals surface area contributed by atoms with Crippen LogP contribution in [0.4, 0.5) is 5.69 Å². The van der Waals surface area contributed by atoms with Crippen LogP contribution < -0.4 is 10.5 Å². The minimum absolute atomic E-state index is 0.0367. The maximum atomic E-state index is 11.8. The molecule has 0 bridgehead atoms. The number of ether oxygens (including phenoxy) is 1. The van der Waals surface area contributed by atoms with Crippen molar-refractivity contribution < 1.29 is 4.74 Å². The van der Waals surface area contributed by atoms with Gasteiger partial charge in [-0.25, -0.2) is 0 Å². The van der Waals surface area contributed by atoms with Gasteiger partial charge in [0.15, 0.2) is 0 Å². The fraction of sp³-hybridized carbons (Fsp3) is 0.421. The Balaban J connectivity index is 1.70. The minimum Gasteiger partial charge on any atom is -0.378 e. The Hall–Kier alpha value is -2.11. The number of aromatic nitrogens is 1. The second-order valence-corrected chi connectivity index (χ2v) is 6.38. The number of aryl methyl sites for hydroxylation is 1. The molecule has 1 aliphatic heterocycles. The lowest BCUT2D eigenvalue weighted by atomic mass is 10.1. The highest BCUT2D eigenvalue weighted by molar-refractivity contribution is 5.53. The summed E-state index contributed by atoms with van der Waals surface area (Å²) in [6.45, 7) is 5.07. The first kappa shape index (κ1) is 16.7. The summed E-state index contributed by atoms with van der Waals surface area (Å²) in [7, 11) is 3.86. The first-order chi connectivity index (χ1) is 11.6. The number of benzene rings is 1. The van der Waals surface area contributed by atoms with Crippen LogP contribution in [0, 0.1) is 0 Å². The Labute approximate surface area is 143 Å². The maximum Gasteiger partial charge on any atom is 0.250 e. The van der Waals surface area contributed by atoms with Gasteiger partial charge in [-0.15, -0.1) is 0 Å². The van der Waals surface area contributed by atoms with Crippen molar-refractivity contribution in [3.63, 3.8) is 0 Å². The fourth-order valence-electron chi connectivity index (χ4n) is 3.10. The summed E-state index contributed by atoms with van der Waals surface area (Å²) in [6.07, 6.45) is 1.83. The number of anilines is 1. The molecule has 5 nitrogen and oxygen atoms in total. The van der Waals surface area contributed by atoms with E-state index in [4.69, 9.17) is 4.74 Å². The van der Waals surface area contributed by atoms with Gasteiger partial charge in [0.2, 0.25) is 0 Å². The molecule has 3 rings (SSSR count). The Morgan fingerprint density at radius 2 is 1.88 bits per heavy atom. The zero-order valence-electron chi connectivity index (χ0n) is 14.4. The van der Waals surface area contributed by atoms with Crippen LogP contribution in [0.15, 0.2) is 47.4 Å². The van der Waals surface area contributed by atoms with Gasteiger partial charge in [0.25, 0.3) is 5.56 Å². The number of pyridine rings is 1. The average molecular weight is 327 g/mol. The zero-order valence-corrected chi connectivity index (χ0v) is 14.4. The molecule has 0 N–H and O–H groups in total. The van der Waals surface area contributed by atoms with Crippen molar-refractivity contribution >= 4 is 5.69 Å². The van der Waals surface area contributed by atoms with E-state index in [-0.39, 0.29) is 5.56 Å². The molecule has 1 aromatic carbocycles. The van der Waals surface area contributed by atoms with E-state index in [9.17, 15) is 4.79 Å². The Morgan fingerprint density at radius 1 is 1.12 bits per heavy atom. The number of para-hydroxylation sites is 1. The Morgan fingerprint density at radius 3 is 2.62 bits per heavy atom. The van der Waals surface area contributed by atoms with Crippen molar-refractivity contribution in [2.24, 2.45) is 7.05 Å². The monoisotopic (exact) mass is 327 g/mol. The molecule has 128 valence electrons. The second kappa shape index (κ2) is 7.64. The number of nitrogens with zero attached hydrogens (tertiary/aromatic N) is 3. The molecule has 0 saturated carbocycles. The maximum absolute atomic E-state index is 11.8. The van der Waals surface area contributed by atoms with Gasteiger partial charge in [-0.05, 0) is 30.3 Å². The van der Waals surface area contributed by atoms with Crippen molar-refractivity contribution in [2.75, 3.05) is 38.3 Å². The largest absolute Gasteiger partial charge is 0.378 e. The average Bonchev–Trinajstić information content (AvgIpc) is 2.59. The predicted molar refractivity (Wildman–Crippen MR) is 96.3 cm³/mol. The lowest BCUT2D eigenvalue weighted by Crippen LogP contribution is -2.37. The van der Waals surface area contributed by atoms with Crippen LogP contribution in [0.2, 0.25) is 0 Å². The third-order valence-corrected chi connectivity index (χ3v) is 4.40. The van der Waals surface area contributed by atoms with E-state index in [1.54, 1.807) is 17.7 Å². The van der Waals surface area contributed by atoms with E-state index in [1.807, 2.05) is 12.3 Å². The lowest BCUT2D eigenvalue weighted by Gasteiger charge is -2.31. The number of hydrogen-bond acceptors (Lipinski definition) is 4. The second-order valence-electron chi connectivity index (χ2n) is 6.38. The molecule has 0 spiro atoms. The molecule has 0 aliphatic carbocycles. The molecule has 0 radical (unpaired) electrons. The van der Waals surface area contributed by atoms with Gasteiger partial charge in [-0.1, -0.05) is 18.2 Å². The molecule has 1 aliphatic rings. The van der Waals surface area contributed by atoms with Gasteiger partial charge in [0.05, 0.1) is 13.2 Å². The van der Waals surface area contributed by atoms with E-state index in [0.29, 0.717) is 0 Å². The highest BCUT2D eigenvalue weighted by Gasteiger charge is 2.15. The quantitative estimate of drug-likeness (QED) is 0.840. The summed E-state index contributed by atoms with van der Waals surface area (Å²) in [5.41, 5.74) is 3.68. The molecule has 0 unspecified atom stereocenters. The van der Waals surface area contributed by atoms with Crippen LogP contribution in [0.1, 0.15) is 11.1 Å². The van der Waals surface area contributed by atoms with Crippen LogP contribution >= 0.6 is 0 Å². The van der Waals surface area contributed by atoms with Gasteiger partial charge in [0, 0.05) is 51.2 Å². The predicted octanol–water partition coefficient (Wildman–Crippen LogP) is 1.85. The van der Waals surface area contributed by atoms with Crippen LogP contribution in [-0.4, -0.2) is 42.8 Å². The van der Waals surface area contributed by atoms with Gasteiger partial charge in [-0.3, -0.25) is 9.69 Å². The third-order valence-electron chi connectivity index (χ3n) is 4.40. The Kier molecular flexibility index (Phi) is 5.33. The summed E-state index contributed by atoms with van der Waals surface area (Å²) in [4.78, 5) is 16.4.